The molecule has 0 bridgehead atoms. The van der Waals surface area contributed by atoms with Gasteiger partial charge < -0.3 is 4.74 Å². The molecule has 3 heteroatoms. The number of esters is 1. The summed E-state index contributed by atoms with van der Waals surface area (Å²) in [4.78, 5) is 9.59. The Bertz CT molecular complexity index is 44.1. The van der Waals surface area contributed by atoms with Crippen LogP contribution in [0.2, 0.25) is 0 Å². The van der Waals surface area contributed by atoms with E-state index in [9.17, 15) is 4.79 Å². The van der Waals surface area contributed by atoms with Gasteiger partial charge in [0.15, 0.2) is 0 Å². The van der Waals surface area contributed by atoms with Crippen molar-refractivity contribution in [2.45, 2.75) is 6.92 Å². The number of hydrogen-bond acceptors (Lipinski definition) is 2. The predicted molar refractivity (Wildman–Crippen MR) is 27.6 cm³/mol. The van der Waals surface area contributed by atoms with E-state index in [1.54, 1.807) is 0 Å². The van der Waals surface area contributed by atoms with Crippen LogP contribution < -0.4 is 0 Å². The van der Waals surface area contributed by atoms with Crippen LogP contribution in [0.25, 0.3) is 0 Å². The van der Waals surface area contributed by atoms with Crippen LogP contribution in [0.15, 0.2) is 0 Å². The van der Waals surface area contributed by atoms with Crippen molar-refractivity contribution in [3.05, 3.63) is 0 Å². The van der Waals surface area contributed by atoms with E-state index < -0.39 is 0 Å². The Morgan fingerprint density at radius 3 is 1.83 bits per heavy atom. The van der Waals surface area contributed by atoms with Crippen LogP contribution in [0.5, 0.6) is 0 Å². The van der Waals surface area contributed by atoms with E-state index in [0.717, 1.165) is 0 Å². The van der Waals surface area contributed by atoms with Crippen molar-refractivity contribution in [1.82, 2.24) is 0 Å². The fourth-order valence-corrected chi connectivity index (χ4v) is 0. The van der Waals surface area contributed by atoms with Crippen molar-refractivity contribution < 1.29 is 9.53 Å². The number of carbonyl (C=O) groups is 1. The van der Waals surface area contributed by atoms with Gasteiger partial charge >= 0.3 is 32.2 Å². The molecule has 0 N–H and O–H groups in total. The molecule has 0 saturated heterocycles. The predicted octanol–water partition coefficient (Wildman–Crippen LogP) is -1.00. The van der Waals surface area contributed by atoms with Gasteiger partial charge in [0.2, 0.25) is 0 Å². The summed E-state index contributed by atoms with van der Waals surface area (Å²) in [5.41, 5.74) is 0. The van der Waals surface area contributed by atoms with E-state index in [0.29, 0.717) is 0 Å². The monoisotopic (exact) mass is 286 g/mol. The second-order valence-corrected chi connectivity index (χ2v) is 0.696. The van der Waals surface area contributed by atoms with Crippen LogP contribution >= 0.6 is 0 Å². The van der Waals surface area contributed by atoms with Gasteiger partial charge in [0.05, 0.1) is 7.11 Å². The molecule has 0 aromatic carbocycles. The van der Waals surface area contributed by atoms with Crippen LogP contribution in [-0.4, -0.2) is 39.3 Å². The molecule has 0 aliphatic rings. The zero-order valence-corrected chi connectivity index (χ0v) is 9.52. The van der Waals surface area contributed by atoms with Crippen LogP contribution in [-0.2, 0) is 9.53 Å². The topological polar surface area (TPSA) is 26.3 Å². The van der Waals surface area contributed by atoms with Gasteiger partial charge in [-0.2, -0.15) is 0 Å². The van der Waals surface area contributed by atoms with Gasteiger partial charge in [-0.15, -0.1) is 0 Å². The molecule has 0 spiro atoms. The zero-order valence-electron chi connectivity index (χ0n) is 4.02. The Labute approximate surface area is 56.0 Å². The van der Waals surface area contributed by atoms with Crippen LogP contribution in [0, 0.1) is 0 Å². The number of hydrogen-bond donors (Lipinski definition) is 0. The van der Waals surface area contributed by atoms with Gasteiger partial charge in [0, 0.05) is 6.92 Å². The second-order valence-electron chi connectivity index (χ2n) is 0.696. The molecule has 38 valence electrons. The summed E-state index contributed by atoms with van der Waals surface area (Å²) in [5.74, 6) is -0.245. The second kappa shape index (κ2) is 5.35. The molecular weight excluding hydrogens is 277 g/mol. The van der Waals surface area contributed by atoms with Crippen molar-refractivity contribution in [3.63, 3.8) is 0 Å². The first-order valence-corrected chi connectivity index (χ1v) is 1.32. The normalized spacial score (nSPS) is 5.67. The summed E-state index contributed by atoms with van der Waals surface area (Å²) in [5, 5.41) is 0. The third-order valence-electron chi connectivity index (χ3n) is 0.287. The van der Waals surface area contributed by atoms with Crippen molar-refractivity contribution in [1.29, 1.82) is 0 Å². The van der Waals surface area contributed by atoms with Gasteiger partial charge in [-0.3, -0.25) is 4.79 Å². The average Bonchev–Trinajstić information content (AvgIpc) is 1.38. The van der Waals surface area contributed by atoms with Gasteiger partial charge in [-0.05, 0) is 0 Å². The Hall–Kier alpha value is 0.353. The van der Waals surface area contributed by atoms with Crippen LogP contribution in [0.3, 0.4) is 0 Å². The van der Waals surface area contributed by atoms with Gasteiger partial charge in [-0.25, -0.2) is 0 Å². The first-order valence-electron chi connectivity index (χ1n) is 1.32. The number of carbonyl (C=O) groups excluding carboxylic acids is 1. The summed E-state index contributed by atoms with van der Waals surface area (Å²) in [6.07, 6.45) is 0. The molecule has 0 aromatic heterocycles. The first-order chi connectivity index (χ1) is 2.27. The fourth-order valence-electron chi connectivity index (χ4n) is 0. The molecule has 6 heavy (non-hydrogen) atoms. The number of rotatable bonds is 0. The van der Waals surface area contributed by atoms with Crippen molar-refractivity contribution in [3.8, 4) is 0 Å². The molecule has 0 fully saturated rings. The molecule has 0 atom stereocenters. The van der Waals surface area contributed by atoms with E-state index in [1.165, 1.54) is 14.0 Å². The fraction of sp³-hybridized carbons (Fsp3) is 0.667. The standard InChI is InChI=1S/C3H6O2.Bi.3H/c1-3(4)5-2;;;;/h1-2H3;;;;. The van der Waals surface area contributed by atoms with E-state index >= 15 is 0 Å². The Morgan fingerprint density at radius 1 is 1.67 bits per heavy atom. The first kappa shape index (κ1) is 9.61. The van der Waals surface area contributed by atoms with E-state index in [1.807, 2.05) is 0 Å². The minimum absolute atomic E-state index is 0. The van der Waals surface area contributed by atoms with Crippen LogP contribution in [0.4, 0.5) is 0 Å². The van der Waals surface area contributed by atoms with Gasteiger partial charge in [0.25, 0.3) is 0 Å². The molecule has 0 aliphatic carbocycles. The maximum atomic E-state index is 9.59. The third kappa shape index (κ3) is 8.84. The number of ether oxygens (including phenoxy) is 1. The molecule has 0 radical (unpaired) electrons. The molecule has 2 nitrogen and oxygen atoms in total. The quantitative estimate of drug-likeness (QED) is 0.421. The molecule has 0 amide bonds. The molecule has 0 rings (SSSR count). The zero-order chi connectivity index (χ0) is 4.28. The maximum absolute atomic E-state index is 9.59. The SMILES string of the molecule is COC(C)=O.[BiH3]. The molecule has 0 unspecified atom stereocenters. The van der Waals surface area contributed by atoms with Crippen molar-refractivity contribution in [2.75, 3.05) is 7.11 Å². The van der Waals surface area contributed by atoms with Crippen molar-refractivity contribution >= 4 is 32.2 Å². The Kier molecular flexibility index (Phi) is 8.57. The summed E-state index contributed by atoms with van der Waals surface area (Å²) in [6.45, 7) is 1.36. The summed E-state index contributed by atoms with van der Waals surface area (Å²) < 4.78 is 4.11. The van der Waals surface area contributed by atoms with Gasteiger partial charge in [0.1, 0.15) is 0 Å². The van der Waals surface area contributed by atoms with Crippen LogP contribution in [0.1, 0.15) is 6.92 Å². The molecule has 0 aliphatic heterocycles. The average molecular weight is 286 g/mol. The molecule has 0 heterocycles. The summed E-state index contributed by atoms with van der Waals surface area (Å²) in [7, 11) is 1.35. The van der Waals surface area contributed by atoms with E-state index in [-0.39, 0.29) is 32.2 Å². The van der Waals surface area contributed by atoms with E-state index in [4.69, 9.17) is 0 Å². The van der Waals surface area contributed by atoms with Crippen molar-refractivity contribution in [2.24, 2.45) is 0 Å². The number of methoxy groups -OCH3 is 1. The summed E-state index contributed by atoms with van der Waals surface area (Å²) in [6, 6.07) is 0. The summed E-state index contributed by atoms with van der Waals surface area (Å²) >= 11 is 0. The minimum atomic E-state index is -0.245. The third-order valence-corrected chi connectivity index (χ3v) is 0.287. The Morgan fingerprint density at radius 2 is 1.83 bits per heavy atom. The molecule has 0 saturated carbocycles. The molecular formula is C3H9BiO2. The Balaban J connectivity index is 0. The van der Waals surface area contributed by atoms with Gasteiger partial charge in [-0.1, -0.05) is 0 Å². The van der Waals surface area contributed by atoms with E-state index in [2.05, 4.69) is 4.74 Å². The molecule has 0 aromatic rings.